The summed E-state index contributed by atoms with van der Waals surface area (Å²) in [5.41, 5.74) is 1.07. The Morgan fingerprint density at radius 2 is 1.63 bits per heavy atom. The summed E-state index contributed by atoms with van der Waals surface area (Å²) >= 11 is 0. The second-order valence-corrected chi connectivity index (χ2v) is 11.2. The molecule has 4 saturated carbocycles. The van der Waals surface area contributed by atoms with Crippen LogP contribution < -0.4 is 9.62 Å². The van der Waals surface area contributed by atoms with Crippen LogP contribution in [0, 0.1) is 23.2 Å². The van der Waals surface area contributed by atoms with E-state index in [-0.39, 0.29) is 17.4 Å². The fourth-order valence-corrected chi connectivity index (χ4v) is 6.77. The summed E-state index contributed by atoms with van der Waals surface area (Å²) in [6.07, 6.45) is 8.97. The van der Waals surface area contributed by atoms with Crippen molar-refractivity contribution in [2.24, 2.45) is 23.2 Å². The summed E-state index contributed by atoms with van der Waals surface area (Å²) in [6, 6.07) is 7.04. The van der Waals surface area contributed by atoms with Gasteiger partial charge in [-0.2, -0.15) is 0 Å². The molecule has 1 atom stereocenters. The van der Waals surface area contributed by atoms with Crippen LogP contribution in [0.5, 0.6) is 0 Å². The van der Waals surface area contributed by atoms with Crippen molar-refractivity contribution in [1.29, 1.82) is 0 Å². The normalized spacial score (nSPS) is 32.9. The van der Waals surface area contributed by atoms with Gasteiger partial charge in [0.05, 0.1) is 17.5 Å². The van der Waals surface area contributed by atoms with Crippen molar-refractivity contribution in [3.8, 4) is 0 Å². The summed E-state index contributed by atoms with van der Waals surface area (Å²) in [5.74, 6) is 2.32. The number of nitrogens with one attached hydrogen (secondary N) is 1. The van der Waals surface area contributed by atoms with Crippen molar-refractivity contribution in [3.63, 3.8) is 0 Å². The maximum Gasteiger partial charge on any atom is 0.253 e. The smallest absolute Gasteiger partial charge is 0.253 e. The Labute approximate surface area is 162 Å². The van der Waals surface area contributed by atoms with Gasteiger partial charge in [0.2, 0.25) is 10.0 Å². The zero-order valence-corrected chi connectivity index (χ0v) is 17.3. The van der Waals surface area contributed by atoms with E-state index < -0.39 is 10.0 Å². The largest absolute Gasteiger partial charge is 0.349 e. The van der Waals surface area contributed by atoms with Gasteiger partial charge in [0.15, 0.2) is 0 Å². The molecule has 1 aromatic rings. The average molecular weight is 391 g/mol. The second-order valence-electron chi connectivity index (χ2n) is 9.22. The average Bonchev–Trinajstić information content (AvgIpc) is 2.59. The molecule has 0 aliphatic heterocycles. The lowest BCUT2D eigenvalue weighted by molar-refractivity contribution is -0.0687. The van der Waals surface area contributed by atoms with Crippen LogP contribution >= 0.6 is 0 Å². The zero-order valence-electron chi connectivity index (χ0n) is 16.4. The summed E-state index contributed by atoms with van der Waals surface area (Å²) in [5, 5.41) is 3.24. The molecule has 0 spiro atoms. The number of rotatable bonds is 5. The zero-order chi connectivity index (χ0) is 19.4. The van der Waals surface area contributed by atoms with Crippen LogP contribution in [0.25, 0.3) is 0 Å². The van der Waals surface area contributed by atoms with E-state index in [0.29, 0.717) is 11.3 Å². The van der Waals surface area contributed by atoms with Crippen LogP contribution in [-0.4, -0.2) is 33.7 Å². The number of nitrogens with zero attached hydrogens (tertiary/aromatic N) is 1. The quantitative estimate of drug-likeness (QED) is 0.838. The molecule has 4 bridgehead atoms. The summed E-state index contributed by atoms with van der Waals surface area (Å²) in [6.45, 7) is 2.15. The number of benzene rings is 1. The number of para-hydroxylation sites is 1. The lowest BCUT2D eigenvalue weighted by Crippen LogP contribution is -2.55. The van der Waals surface area contributed by atoms with Gasteiger partial charge < -0.3 is 5.32 Å². The number of amides is 1. The third kappa shape index (κ3) is 3.37. The first-order valence-electron chi connectivity index (χ1n) is 10.0. The molecule has 0 saturated heterocycles. The van der Waals surface area contributed by atoms with E-state index in [1.54, 1.807) is 24.3 Å². The monoisotopic (exact) mass is 390 g/mol. The van der Waals surface area contributed by atoms with Crippen LogP contribution in [0.3, 0.4) is 0 Å². The third-order valence-corrected chi connectivity index (χ3v) is 8.53. The van der Waals surface area contributed by atoms with Gasteiger partial charge in [0.1, 0.15) is 0 Å². The lowest BCUT2D eigenvalue weighted by Gasteiger charge is -2.59. The minimum atomic E-state index is -3.42. The highest BCUT2D eigenvalue weighted by Crippen LogP contribution is 2.61. The first-order chi connectivity index (χ1) is 12.7. The van der Waals surface area contributed by atoms with Gasteiger partial charge in [-0.25, -0.2) is 8.42 Å². The van der Waals surface area contributed by atoms with Gasteiger partial charge in [0, 0.05) is 13.1 Å². The Bertz CT molecular complexity index is 813. The van der Waals surface area contributed by atoms with Crippen LogP contribution in [0.1, 0.15) is 55.8 Å². The second kappa shape index (κ2) is 6.50. The molecule has 5 nitrogen and oxygen atoms in total. The van der Waals surface area contributed by atoms with E-state index >= 15 is 0 Å². The molecular weight excluding hydrogens is 360 g/mol. The van der Waals surface area contributed by atoms with Gasteiger partial charge in [-0.05, 0) is 80.8 Å². The highest BCUT2D eigenvalue weighted by molar-refractivity contribution is 7.92. The molecule has 5 rings (SSSR count). The predicted octanol–water partition coefficient (Wildman–Crippen LogP) is 3.42. The number of sulfonamides is 1. The van der Waals surface area contributed by atoms with E-state index in [0.717, 1.165) is 24.0 Å². The molecule has 0 aromatic heterocycles. The van der Waals surface area contributed by atoms with Crippen LogP contribution in [-0.2, 0) is 10.0 Å². The van der Waals surface area contributed by atoms with Crippen molar-refractivity contribution < 1.29 is 13.2 Å². The lowest BCUT2D eigenvalue weighted by atomic mass is 9.48. The number of hydrogen-bond acceptors (Lipinski definition) is 3. The SMILES string of the molecule is CC(NC(=O)c1ccccc1N(C)S(C)(=O)=O)C12CC3CC(CC(C3)C1)C2. The van der Waals surface area contributed by atoms with Gasteiger partial charge in [-0.1, -0.05) is 12.1 Å². The summed E-state index contributed by atoms with van der Waals surface area (Å²) in [4.78, 5) is 13.1. The number of carbonyl (C=O) groups is 1. The van der Waals surface area contributed by atoms with Crippen LogP contribution in [0.15, 0.2) is 24.3 Å². The molecule has 1 unspecified atom stereocenters. The molecule has 1 amide bonds. The van der Waals surface area contributed by atoms with Gasteiger partial charge >= 0.3 is 0 Å². The molecule has 4 aliphatic carbocycles. The van der Waals surface area contributed by atoms with Crippen molar-refractivity contribution >= 4 is 21.6 Å². The predicted molar refractivity (Wildman–Crippen MR) is 107 cm³/mol. The molecule has 0 heterocycles. The fourth-order valence-electron chi connectivity index (χ4n) is 6.25. The fraction of sp³-hybridized carbons (Fsp3) is 0.667. The minimum absolute atomic E-state index is 0.106. The molecular formula is C21H30N2O3S. The standard InChI is InChI=1S/C21H30N2O3S/c1-14(21-11-15-8-16(12-21)10-17(9-15)13-21)22-20(24)18-6-4-5-7-19(18)23(2)27(3,25)26/h4-7,14-17H,8-13H2,1-3H3,(H,22,24). The molecule has 27 heavy (non-hydrogen) atoms. The Morgan fingerprint density at radius 1 is 1.11 bits per heavy atom. The minimum Gasteiger partial charge on any atom is -0.349 e. The number of hydrogen-bond donors (Lipinski definition) is 1. The molecule has 1 aromatic carbocycles. The van der Waals surface area contributed by atoms with E-state index in [1.807, 2.05) is 0 Å². The van der Waals surface area contributed by atoms with E-state index in [1.165, 1.54) is 49.9 Å². The highest BCUT2D eigenvalue weighted by Gasteiger charge is 2.53. The van der Waals surface area contributed by atoms with E-state index in [9.17, 15) is 13.2 Å². The molecule has 0 radical (unpaired) electrons. The van der Waals surface area contributed by atoms with Gasteiger partial charge in [-0.3, -0.25) is 9.10 Å². The van der Waals surface area contributed by atoms with Gasteiger partial charge in [0.25, 0.3) is 5.91 Å². The van der Waals surface area contributed by atoms with Crippen molar-refractivity contribution in [3.05, 3.63) is 29.8 Å². The van der Waals surface area contributed by atoms with Gasteiger partial charge in [-0.15, -0.1) is 0 Å². The maximum atomic E-state index is 13.1. The number of anilines is 1. The topological polar surface area (TPSA) is 66.5 Å². The molecule has 1 N–H and O–H groups in total. The summed E-state index contributed by atoms with van der Waals surface area (Å²) in [7, 11) is -1.93. The van der Waals surface area contributed by atoms with E-state index in [4.69, 9.17) is 0 Å². The van der Waals surface area contributed by atoms with Crippen molar-refractivity contribution in [1.82, 2.24) is 5.32 Å². The molecule has 4 fully saturated rings. The molecule has 4 aliphatic rings. The first kappa shape index (κ1) is 18.8. The maximum absolute atomic E-state index is 13.1. The van der Waals surface area contributed by atoms with Crippen molar-refractivity contribution in [2.45, 2.75) is 51.5 Å². The number of carbonyl (C=O) groups excluding carboxylic acids is 1. The van der Waals surface area contributed by atoms with Crippen molar-refractivity contribution in [2.75, 3.05) is 17.6 Å². The Kier molecular flexibility index (Phi) is 4.53. The Hall–Kier alpha value is -1.56. The highest BCUT2D eigenvalue weighted by atomic mass is 32.2. The van der Waals surface area contributed by atoms with Crippen LogP contribution in [0.4, 0.5) is 5.69 Å². The Morgan fingerprint density at radius 3 is 2.15 bits per heavy atom. The molecule has 148 valence electrons. The summed E-state index contributed by atoms with van der Waals surface area (Å²) < 4.78 is 25.1. The van der Waals surface area contributed by atoms with E-state index in [2.05, 4.69) is 12.2 Å². The molecule has 6 heteroatoms. The third-order valence-electron chi connectivity index (χ3n) is 7.34. The Balaban J connectivity index is 1.55. The first-order valence-corrected chi connectivity index (χ1v) is 11.9. The van der Waals surface area contributed by atoms with Crippen LogP contribution in [0.2, 0.25) is 0 Å².